The summed E-state index contributed by atoms with van der Waals surface area (Å²) in [6.45, 7) is 2.48. The molecule has 0 radical (unpaired) electrons. The number of rotatable bonds is 4. The van der Waals surface area contributed by atoms with Crippen LogP contribution in [0.4, 0.5) is 0 Å². The lowest BCUT2D eigenvalue weighted by Crippen LogP contribution is -2.01. The zero-order valence-electron chi connectivity index (χ0n) is 8.36. The van der Waals surface area contributed by atoms with Gasteiger partial charge in [-0.15, -0.1) is 0 Å². The Bertz CT molecular complexity index is 396. The van der Waals surface area contributed by atoms with Crippen molar-refractivity contribution in [1.82, 2.24) is 0 Å². The summed E-state index contributed by atoms with van der Waals surface area (Å²) in [6, 6.07) is 7.15. The summed E-state index contributed by atoms with van der Waals surface area (Å²) in [5.74, 6) is 0.780. The molecule has 0 aromatic heterocycles. The van der Waals surface area contributed by atoms with Crippen LogP contribution < -0.4 is 4.74 Å². The van der Waals surface area contributed by atoms with Gasteiger partial charge in [0.1, 0.15) is 5.75 Å². The molecule has 78 valence electrons. The summed E-state index contributed by atoms with van der Waals surface area (Å²) in [7, 11) is -2.96. The van der Waals surface area contributed by atoms with Gasteiger partial charge in [0.2, 0.25) is 0 Å². The van der Waals surface area contributed by atoms with Crippen LogP contribution in [0.5, 0.6) is 5.75 Å². The monoisotopic (exact) mass is 214 g/mol. The first-order valence-corrected chi connectivity index (χ1v) is 6.47. The second kappa shape index (κ2) is 4.46. The molecule has 0 spiro atoms. The Morgan fingerprint density at radius 2 is 2.07 bits per heavy atom. The summed E-state index contributed by atoms with van der Waals surface area (Å²) in [4.78, 5) is 0. The predicted molar refractivity (Wildman–Crippen MR) is 56.2 cm³/mol. The van der Waals surface area contributed by atoms with Gasteiger partial charge < -0.3 is 4.74 Å². The third-order valence-corrected chi connectivity index (χ3v) is 2.50. The lowest BCUT2D eigenvalue weighted by molar-refractivity contribution is 0.340. The molecule has 1 rings (SSSR count). The average molecular weight is 214 g/mol. The van der Waals surface area contributed by atoms with E-state index in [0.717, 1.165) is 5.56 Å². The lowest BCUT2D eigenvalue weighted by atomic mass is 10.2. The lowest BCUT2D eigenvalue weighted by Gasteiger charge is -2.04. The zero-order valence-corrected chi connectivity index (χ0v) is 9.17. The minimum Gasteiger partial charge on any atom is -0.494 e. The molecule has 0 saturated heterocycles. The Morgan fingerprint density at radius 3 is 2.64 bits per heavy atom. The highest BCUT2D eigenvalue weighted by molar-refractivity contribution is 7.89. The standard InChI is InChI=1S/C10H14O3S/c1-3-13-10-6-4-5-9(7-10)8-14(2,11)12/h4-7H,3,8H2,1-2H3. The van der Waals surface area contributed by atoms with Gasteiger partial charge >= 0.3 is 0 Å². The molecule has 0 aliphatic carbocycles. The number of sulfone groups is 1. The van der Waals surface area contributed by atoms with Crippen LogP contribution in [-0.4, -0.2) is 21.3 Å². The first-order valence-electron chi connectivity index (χ1n) is 4.41. The first kappa shape index (κ1) is 11.0. The minimum absolute atomic E-state index is 0.0634. The maximum absolute atomic E-state index is 11.0. The van der Waals surface area contributed by atoms with E-state index in [-0.39, 0.29) is 5.75 Å². The van der Waals surface area contributed by atoms with Crippen LogP contribution in [0.25, 0.3) is 0 Å². The van der Waals surface area contributed by atoms with Crippen LogP contribution in [0.1, 0.15) is 12.5 Å². The minimum atomic E-state index is -2.96. The van der Waals surface area contributed by atoms with Crippen LogP contribution in [0, 0.1) is 0 Å². The highest BCUT2D eigenvalue weighted by atomic mass is 32.2. The molecule has 14 heavy (non-hydrogen) atoms. The normalized spacial score (nSPS) is 11.3. The van der Waals surface area contributed by atoms with Gasteiger partial charge in [-0.2, -0.15) is 0 Å². The molecule has 0 saturated carbocycles. The second-order valence-corrected chi connectivity index (χ2v) is 5.29. The van der Waals surface area contributed by atoms with Gasteiger partial charge in [0, 0.05) is 6.26 Å². The molecular formula is C10H14O3S. The Morgan fingerprint density at radius 1 is 1.36 bits per heavy atom. The summed E-state index contributed by atoms with van der Waals surface area (Å²) in [6.07, 6.45) is 1.22. The smallest absolute Gasteiger partial charge is 0.151 e. The number of ether oxygens (including phenoxy) is 1. The molecule has 0 heterocycles. The summed E-state index contributed by atoms with van der Waals surface area (Å²) < 4.78 is 27.3. The van der Waals surface area contributed by atoms with E-state index < -0.39 is 9.84 Å². The summed E-state index contributed by atoms with van der Waals surface area (Å²) in [5, 5.41) is 0. The molecule has 1 aromatic rings. The highest BCUT2D eigenvalue weighted by Crippen LogP contribution is 2.14. The van der Waals surface area contributed by atoms with E-state index in [2.05, 4.69) is 0 Å². The summed E-state index contributed by atoms with van der Waals surface area (Å²) >= 11 is 0. The van der Waals surface area contributed by atoms with Crippen molar-refractivity contribution < 1.29 is 13.2 Å². The maximum atomic E-state index is 11.0. The van der Waals surface area contributed by atoms with Gasteiger partial charge in [0.15, 0.2) is 9.84 Å². The van der Waals surface area contributed by atoms with Crippen molar-refractivity contribution >= 4 is 9.84 Å². The molecule has 0 bridgehead atoms. The fourth-order valence-corrected chi connectivity index (χ4v) is 1.98. The predicted octanol–water partition coefficient (Wildman–Crippen LogP) is 1.63. The van der Waals surface area contributed by atoms with Crippen molar-refractivity contribution in [1.29, 1.82) is 0 Å². The molecule has 0 N–H and O–H groups in total. The van der Waals surface area contributed by atoms with Crippen molar-refractivity contribution in [2.45, 2.75) is 12.7 Å². The van der Waals surface area contributed by atoms with Crippen molar-refractivity contribution in [2.75, 3.05) is 12.9 Å². The Balaban J connectivity index is 2.83. The fraction of sp³-hybridized carbons (Fsp3) is 0.400. The number of hydrogen-bond acceptors (Lipinski definition) is 3. The molecule has 0 aliphatic rings. The van der Waals surface area contributed by atoms with Crippen LogP contribution in [-0.2, 0) is 15.6 Å². The third kappa shape index (κ3) is 3.79. The van der Waals surface area contributed by atoms with Crippen LogP contribution in [0.2, 0.25) is 0 Å². The van der Waals surface area contributed by atoms with Crippen LogP contribution >= 0.6 is 0 Å². The molecule has 1 aromatic carbocycles. The SMILES string of the molecule is CCOc1cccc(CS(C)(=O)=O)c1. The van der Waals surface area contributed by atoms with Gasteiger partial charge in [-0.25, -0.2) is 8.42 Å². The van der Waals surface area contributed by atoms with Crippen molar-refractivity contribution in [3.05, 3.63) is 29.8 Å². The van der Waals surface area contributed by atoms with E-state index in [1.165, 1.54) is 6.26 Å². The molecule has 3 nitrogen and oxygen atoms in total. The molecular weight excluding hydrogens is 200 g/mol. The van der Waals surface area contributed by atoms with Gasteiger partial charge in [0.25, 0.3) is 0 Å². The van der Waals surface area contributed by atoms with Crippen molar-refractivity contribution in [3.63, 3.8) is 0 Å². The number of benzene rings is 1. The summed E-state index contributed by atoms with van der Waals surface area (Å²) in [5.41, 5.74) is 0.762. The van der Waals surface area contributed by atoms with Gasteiger partial charge in [-0.1, -0.05) is 12.1 Å². The van der Waals surface area contributed by atoms with Crippen LogP contribution in [0.15, 0.2) is 24.3 Å². The third-order valence-electron chi connectivity index (χ3n) is 1.64. The zero-order chi connectivity index (χ0) is 10.6. The Hall–Kier alpha value is -1.03. The van der Waals surface area contributed by atoms with E-state index in [1.54, 1.807) is 18.2 Å². The first-order chi connectivity index (χ1) is 6.51. The van der Waals surface area contributed by atoms with E-state index >= 15 is 0 Å². The molecule has 0 atom stereocenters. The van der Waals surface area contributed by atoms with Crippen LogP contribution in [0.3, 0.4) is 0 Å². The topological polar surface area (TPSA) is 43.4 Å². The number of hydrogen-bond donors (Lipinski definition) is 0. The van der Waals surface area contributed by atoms with Gasteiger partial charge in [0.05, 0.1) is 12.4 Å². The van der Waals surface area contributed by atoms with E-state index in [9.17, 15) is 8.42 Å². The quantitative estimate of drug-likeness (QED) is 0.765. The average Bonchev–Trinajstić information content (AvgIpc) is 2.02. The second-order valence-electron chi connectivity index (χ2n) is 3.15. The van der Waals surface area contributed by atoms with Crippen molar-refractivity contribution in [2.24, 2.45) is 0 Å². The molecule has 0 amide bonds. The maximum Gasteiger partial charge on any atom is 0.151 e. The van der Waals surface area contributed by atoms with E-state index in [0.29, 0.717) is 12.4 Å². The fourth-order valence-electron chi connectivity index (χ4n) is 1.19. The van der Waals surface area contributed by atoms with Gasteiger partial charge in [-0.3, -0.25) is 0 Å². The van der Waals surface area contributed by atoms with Crippen molar-refractivity contribution in [3.8, 4) is 5.75 Å². The Labute approximate surface area is 84.6 Å². The molecule has 4 heteroatoms. The van der Waals surface area contributed by atoms with E-state index in [1.807, 2.05) is 13.0 Å². The van der Waals surface area contributed by atoms with E-state index in [4.69, 9.17) is 4.74 Å². The Kier molecular flexibility index (Phi) is 3.52. The molecule has 0 fully saturated rings. The highest BCUT2D eigenvalue weighted by Gasteiger charge is 2.04. The molecule has 0 aliphatic heterocycles. The largest absolute Gasteiger partial charge is 0.494 e. The molecule has 0 unspecified atom stereocenters. The van der Waals surface area contributed by atoms with Gasteiger partial charge in [-0.05, 0) is 24.6 Å².